The van der Waals surface area contributed by atoms with Crippen LogP contribution in [0.5, 0.6) is 0 Å². The van der Waals surface area contributed by atoms with Crippen molar-refractivity contribution in [1.29, 1.82) is 0 Å². The van der Waals surface area contributed by atoms with Crippen LogP contribution >= 0.6 is 0 Å². The van der Waals surface area contributed by atoms with E-state index in [0.717, 1.165) is 0 Å². The summed E-state index contributed by atoms with van der Waals surface area (Å²) in [5.74, 6) is 0. The molecule has 0 aliphatic rings. The summed E-state index contributed by atoms with van der Waals surface area (Å²) in [6, 6.07) is 0. The molecule has 1 atom stereocenters. The van der Waals surface area contributed by atoms with Crippen LogP contribution in [0.4, 0.5) is 0 Å². The lowest BCUT2D eigenvalue weighted by Gasteiger charge is -2.09. The molecule has 0 aliphatic carbocycles. The highest BCUT2D eigenvalue weighted by Gasteiger charge is 1.98. The van der Waals surface area contributed by atoms with Gasteiger partial charge in [0.2, 0.25) is 0 Å². The fraction of sp³-hybridized carbons (Fsp3) is 1.00. The van der Waals surface area contributed by atoms with E-state index in [-0.39, 0.29) is 0 Å². The predicted molar refractivity (Wildman–Crippen MR) is 32.6 cm³/mol. The Morgan fingerprint density at radius 1 is 1.56 bits per heavy atom. The molecule has 3 N–H and O–H groups in total. The summed E-state index contributed by atoms with van der Waals surface area (Å²) in [7, 11) is 0. The number of aliphatic hydroxyl groups is 1. The van der Waals surface area contributed by atoms with Crippen LogP contribution in [-0.4, -0.2) is 31.3 Å². The molecule has 56 valence electrons. The van der Waals surface area contributed by atoms with Crippen molar-refractivity contribution in [3.8, 4) is 0 Å². The predicted octanol–water partition coefficient (Wildman–Crippen LogP) is -0.726. The molecule has 0 aliphatic heterocycles. The summed E-state index contributed by atoms with van der Waals surface area (Å²) < 4.78 is 9.26. The van der Waals surface area contributed by atoms with Crippen molar-refractivity contribution in [1.82, 2.24) is 0 Å². The molecule has 0 amide bonds. The van der Waals surface area contributed by atoms with Gasteiger partial charge in [0.1, 0.15) is 0 Å². The standard InChI is InChI=1S/C5H13NO3/c1-2-8-5(7)9-4-3-6/h5,7H,2-4,6H2,1H3. The van der Waals surface area contributed by atoms with Crippen LogP contribution in [0.25, 0.3) is 0 Å². The lowest BCUT2D eigenvalue weighted by molar-refractivity contribution is -0.259. The summed E-state index contributed by atoms with van der Waals surface area (Å²) in [4.78, 5) is 0. The summed E-state index contributed by atoms with van der Waals surface area (Å²) in [6.07, 6.45) is 0. The van der Waals surface area contributed by atoms with Crippen molar-refractivity contribution in [2.45, 2.75) is 13.4 Å². The van der Waals surface area contributed by atoms with Gasteiger partial charge in [-0.15, -0.1) is 0 Å². The van der Waals surface area contributed by atoms with Gasteiger partial charge < -0.3 is 20.3 Å². The Labute approximate surface area is 54.6 Å². The number of aliphatic hydroxyl groups excluding tert-OH is 1. The molecular weight excluding hydrogens is 122 g/mol. The first kappa shape index (κ1) is 8.84. The van der Waals surface area contributed by atoms with E-state index in [2.05, 4.69) is 9.47 Å². The molecule has 1 unspecified atom stereocenters. The second kappa shape index (κ2) is 5.97. The van der Waals surface area contributed by atoms with E-state index >= 15 is 0 Å². The molecule has 0 aromatic heterocycles. The topological polar surface area (TPSA) is 64.7 Å². The third kappa shape index (κ3) is 5.72. The largest absolute Gasteiger partial charge is 0.346 e. The Morgan fingerprint density at radius 3 is 2.67 bits per heavy atom. The van der Waals surface area contributed by atoms with E-state index in [1.54, 1.807) is 6.92 Å². The summed E-state index contributed by atoms with van der Waals surface area (Å²) >= 11 is 0. The molecule has 0 bridgehead atoms. The van der Waals surface area contributed by atoms with Crippen molar-refractivity contribution in [2.24, 2.45) is 5.73 Å². The Hall–Kier alpha value is -0.160. The molecule has 0 saturated heterocycles. The number of ether oxygens (including phenoxy) is 2. The Balaban J connectivity index is 2.95. The van der Waals surface area contributed by atoms with Crippen LogP contribution in [0.15, 0.2) is 0 Å². The zero-order valence-electron chi connectivity index (χ0n) is 5.54. The van der Waals surface area contributed by atoms with Crippen LogP contribution in [-0.2, 0) is 9.47 Å². The van der Waals surface area contributed by atoms with Crippen molar-refractivity contribution in [3.63, 3.8) is 0 Å². The first-order valence-electron chi connectivity index (χ1n) is 2.92. The average Bonchev–Trinajstić information content (AvgIpc) is 1.85. The maximum Gasteiger partial charge on any atom is 0.269 e. The van der Waals surface area contributed by atoms with Crippen LogP contribution in [0.1, 0.15) is 6.92 Å². The molecule has 4 heteroatoms. The molecular formula is C5H13NO3. The van der Waals surface area contributed by atoms with Crippen molar-refractivity contribution in [2.75, 3.05) is 19.8 Å². The summed E-state index contributed by atoms with van der Waals surface area (Å²) in [6.45, 7) is 1.81. The quantitative estimate of drug-likeness (QED) is 0.488. The maximum atomic E-state index is 8.68. The molecule has 0 aromatic carbocycles. The third-order valence-electron chi connectivity index (χ3n) is 0.688. The van der Waals surface area contributed by atoms with Gasteiger partial charge in [-0.3, -0.25) is 0 Å². The summed E-state index contributed by atoms with van der Waals surface area (Å²) in [5.41, 5.74) is 5.08. The fourth-order valence-electron chi connectivity index (χ4n) is 0.360. The van der Waals surface area contributed by atoms with Crippen LogP contribution in [0, 0.1) is 0 Å². The first-order valence-corrected chi connectivity index (χ1v) is 2.92. The van der Waals surface area contributed by atoms with E-state index in [0.29, 0.717) is 19.8 Å². The van der Waals surface area contributed by atoms with Gasteiger partial charge in [0.15, 0.2) is 0 Å². The molecule has 9 heavy (non-hydrogen) atoms. The minimum atomic E-state index is -1.11. The normalized spacial score (nSPS) is 13.7. The van der Waals surface area contributed by atoms with Gasteiger partial charge in [0.25, 0.3) is 6.48 Å². The van der Waals surface area contributed by atoms with Crippen molar-refractivity contribution >= 4 is 0 Å². The number of hydrogen-bond acceptors (Lipinski definition) is 4. The van der Waals surface area contributed by atoms with Gasteiger partial charge in [0, 0.05) is 13.2 Å². The van der Waals surface area contributed by atoms with Gasteiger partial charge in [0.05, 0.1) is 6.61 Å². The molecule has 0 fully saturated rings. The lowest BCUT2D eigenvalue weighted by Crippen LogP contribution is -2.20. The van der Waals surface area contributed by atoms with E-state index < -0.39 is 6.48 Å². The second-order valence-electron chi connectivity index (χ2n) is 1.42. The Morgan fingerprint density at radius 2 is 2.22 bits per heavy atom. The molecule has 0 aromatic rings. The maximum absolute atomic E-state index is 8.68. The molecule has 0 spiro atoms. The molecule has 0 saturated carbocycles. The van der Waals surface area contributed by atoms with Crippen LogP contribution < -0.4 is 5.73 Å². The van der Waals surface area contributed by atoms with E-state index in [9.17, 15) is 0 Å². The third-order valence-corrected chi connectivity index (χ3v) is 0.688. The Kier molecular flexibility index (Phi) is 5.86. The smallest absolute Gasteiger partial charge is 0.269 e. The number of rotatable bonds is 5. The van der Waals surface area contributed by atoms with Gasteiger partial charge >= 0.3 is 0 Å². The van der Waals surface area contributed by atoms with Gasteiger partial charge in [-0.1, -0.05) is 0 Å². The van der Waals surface area contributed by atoms with Crippen molar-refractivity contribution < 1.29 is 14.6 Å². The zero-order valence-corrected chi connectivity index (χ0v) is 5.54. The van der Waals surface area contributed by atoms with Gasteiger partial charge in [-0.25, -0.2) is 0 Å². The van der Waals surface area contributed by atoms with Crippen molar-refractivity contribution in [3.05, 3.63) is 0 Å². The Bertz CT molecular complexity index is 60.2. The monoisotopic (exact) mass is 135 g/mol. The molecule has 0 radical (unpaired) electrons. The fourth-order valence-corrected chi connectivity index (χ4v) is 0.360. The SMILES string of the molecule is CCOC(O)OCCN. The van der Waals surface area contributed by atoms with Gasteiger partial charge in [-0.05, 0) is 6.92 Å². The highest BCUT2D eigenvalue weighted by molar-refractivity contribution is 4.27. The average molecular weight is 135 g/mol. The van der Waals surface area contributed by atoms with E-state index in [1.165, 1.54) is 0 Å². The highest BCUT2D eigenvalue weighted by Crippen LogP contribution is 1.86. The molecule has 0 heterocycles. The zero-order chi connectivity index (χ0) is 7.11. The lowest BCUT2D eigenvalue weighted by atomic mass is 10.7. The van der Waals surface area contributed by atoms with E-state index in [4.69, 9.17) is 10.8 Å². The van der Waals surface area contributed by atoms with Crippen LogP contribution in [0.3, 0.4) is 0 Å². The van der Waals surface area contributed by atoms with E-state index in [1.807, 2.05) is 0 Å². The summed E-state index contributed by atoms with van der Waals surface area (Å²) in [5, 5.41) is 8.68. The minimum absolute atomic E-state index is 0.321. The minimum Gasteiger partial charge on any atom is -0.346 e. The first-order chi connectivity index (χ1) is 4.31. The molecule has 4 nitrogen and oxygen atoms in total. The van der Waals surface area contributed by atoms with Gasteiger partial charge in [-0.2, -0.15) is 0 Å². The molecule has 0 rings (SSSR count). The second-order valence-corrected chi connectivity index (χ2v) is 1.42. The highest BCUT2D eigenvalue weighted by atomic mass is 16.8. The van der Waals surface area contributed by atoms with Crippen LogP contribution in [0.2, 0.25) is 0 Å². The number of hydrogen-bond donors (Lipinski definition) is 2. The number of nitrogens with two attached hydrogens (primary N) is 1.